The lowest BCUT2D eigenvalue weighted by Gasteiger charge is -2.13. The highest BCUT2D eigenvalue weighted by atomic mass is 32.1. The maximum atomic E-state index is 13.6. The molecule has 0 amide bonds. The highest BCUT2D eigenvalue weighted by molar-refractivity contribution is 7.17. The van der Waals surface area contributed by atoms with Crippen LogP contribution in [0.2, 0.25) is 0 Å². The lowest BCUT2D eigenvalue weighted by Crippen LogP contribution is -2.24. The SMILES string of the molecule is Cc1ccc(-c2csc3nc(-c4ccc(C)cc4)n(CCCC(=O)O)c(=O)c23)cc1. The Kier molecular flexibility index (Phi) is 5.50. The zero-order chi connectivity index (χ0) is 21.3. The van der Waals surface area contributed by atoms with Gasteiger partial charge in [0.15, 0.2) is 0 Å². The number of carboxylic acids is 1. The molecule has 5 nitrogen and oxygen atoms in total. The number of nitrogens with zero attached hydrogens (tertiary/aromatic N) is 2. The number of benzene rings is 2. The van der Waals surface area contributed by atoms with Crippen molar-refractivity contribution < 1.29 is 9.90 Å². The van der Waals surface area contributed by atoms with Crippen LogP contribution in [0.4, 0.5) is 0 Å². The molecule has 0 aliphatic rings. The molecule has 30 heavy (non-hydrogen) atoms. The largest absolute Gasteiger partial charge is 0.481 e. The van der Waals surface area contributed by atoms with Crippen LogP contribution in [0.1, 0.15) is 24.0 Å². The van der Waals surface area contributed by atoms with E-state index in [2.05, 4.69) is 0 Å². The molecule has 0 aliphatic heterocycles. The van der Waals surface area contributed by atoms with E-state index >= 15 is 0 Å². The first-order valence-electron chi connectivity index (χ1n) is 9.82. The summed E-state index contributed by atoms with van der Waals surface area (Å²) >= 11 is 1.46. The van der Waals surface area contributed by atoms with Crippen molar-refractivity contribution in [3.05, 3.63) is 75.4 Å². The Morgan fingerprint density at radius 1 is 1.00 bits per heavy atom. The van der Waals surface area contributed by atoms with E-state index in [1.807, 2.05) is 67.8 Å². The van der Waals surface area contributed by atoms with Gasteiger partial charge in [0.25, 0.3) is 5.56 Å². The fourth-order valence-electron chi connectivity index (χ4n) is 3.49. The third kappa shape index (κ3) is 3.91. The molecule has 4 aromatic rings. The first-order chi connectivity index (χ1) is 14.4. The average Bonchev–Trinajstić information content (AvgIpc) is 3.15. The Morgan fingerprint density at radius 3 is 2.20 bits per heavy atom. The molecular weight excluding hydrogens is 396 g/mol. The van der Waals surface area contributed by atoms with E-state index in [1.165, 1.54) is 11.3 Å². The van der Waals surface area contributed by atoms with Crippen molar-refractivity contribution in [2.75, 3.05) is 0 Å². The maximum absolute atomic E-state index is 13.6. The van der Waals surface area contributed by atoms with Crippen molar-refractivity contribution in [1.29, 1.82) is 0 Å². The number of aryl methyl sites for hydroxylation is 2. The molecule has 0 saturated carbocycles. The summed E-state index contributed by atoms with van der Waals surface area (Å²) in [5.74, 6) is -0.292. The van der Waals surface area contributed by atoms with E-state index in [4.69, 9.17) is 10.1 Å². The van der Waals surface area contributed by atoms with Crippen molar-refractivity contribution in [3.63, 3.8) is 0 Å². The van der Waals surface area contributed by atoms with Gasteiger partial charge in [-0.05, 0) is 25.8 Å². The number of fused-ring (bicyclic) bond motifs is 1. The van der Waals surface area contributed by atoms with Gasteiger partial charge >= 0.3 is 5.97 Å². The summed E-state index contributed by atoms with van der Waals surface area (Å²) in [5, 5.41) is 11.6. The average molecular weight is 419 g/mol. The van der Waals surface area contributed by atoms with E-state index in [1.54, 1.807) is 4.57 Å². The molecule has 6 heteroatoms. The van der Waals surface area contributed by atoms with Crippen molar-refractivity contribution in [2.45, 2.75) is 33.2 Å². The van der Waals surface area contributed by atoms with Gasteiger partial charge in [-0.25, -0.2) is 4.98 Å². The Balaban J connectivity index is 1.90. The molecule has 0 aliphatic carbocycles. The minimum atomic E-state index is -0.871. The summed E-state index contributed by atoms with van der Waals surface area (Å²) in [7, 11) is 0. The summed E-state index contributed by atoms with van der Waals surface area (Å²) in [6.07, 6.45) is 0.373. The monoisotopic (exact) mass is 418 g/mol. The molecule has 2 heterocycles. The van der Waals surface area contributed by atoms with Gasteiger partial charge in [0.05, 0.1) is 5.39 Å². The van der Waals surface area contributed by atoms with Crippen LogP contribution in [-0.2, 0) is 11.3 Å². The van der Waals surface area contributed by atoms with Gasteiger partial charge in [0.2, 0.25) is 0 Å². The van der Waals surface area contributed by atoms with Crippen LogP contribution in [0.15, 0.2) is 58.7 Å². The second-order valence-electron chi connectivity index (χ2n) is 7.45. The van der Waals surface area contributed by atoms with E-state index in [-0.39, 0.29) is 12.0 Å². The van der Waals surface area contributed by atoms with E-state index < -0.39 is 5.97 Å². The Labute approximate surface area is 178 Å². The Bertz CT molecular complexity index is 1270. The predicted molar refractivity (Wildman–Crippen MR) is 121 cm³/mol. The minimum Gasteiger partial charge on any atom is -0.481 e. The minimum absolute atomic E-state index is 0.00622. The van der Waals surface area contributed by atoms with Crippen molar-refractivity contribution >= 4 is 27.5 Å². The van der Waals surface area contributed by atoms with Crippen LogP contribution in [0.25, 0.3) is 32.7 Å². The molecule has 2 aromatic carbocycles. The van der Waals surface area contributed by atoms with Crippen LogP contribution < -0.4 is 5.56 Å². The quantitative estimate of drug-likeness (QED) is 0.463. The normalized spacial score (nSPS) is 11.1. The van der Waals surface area contributed by atoms with Gasteiger partial charge < -0.3 is 5.11 Å². The van der Waals surface area contributed by atoms with Gasteiger partial charge in [-0.3, -0.25) is 14.2 Å². The Hall–Kier alpha value is -3.25. The first-order valence-corrected chi connectivity index (χ1v) is 10.7. The summed E-state index contributed by atoms with van der Waals surface area (Å²) in [5.41, 5.74) is 4.85. The van der Waals surface area contributed by atoms with Gasteiger partial charge in [0.1, 0.15) is 10.7 Å². The molecule has 4 rings (SSSR count). The number of carboxylic acid groups (broad SMARTS) is 1. The highest BCUT2D eigenvalue weighted by Crippen LogP contribution is 2.32. The lowest BCUT2D eigenvalue weighted by atomic mass is 10.0. The van der Waals surface area contributed by atoms with E-state index in [0.29, 0.717) is 29.0 Å². The zero-order valence-corrected chi connectivity index (χ0v) is 17.7. The van der Waals surface area contributed by atoms with Crippen LogP contribution in [-0.4, -0.2) is 20.6 Å². The predicted octanol–water partition coefficient (Wildman–Crippen LogP) is 5.27. The molecule has 0 unspecified atom stereocenters. The highest BCUT2D eigenvalue weighted by Gasteiger charge is 2.18. The number of thiophene rings is 1. The van der Waals surface area contributed by atoms with Crippen LogP contribution in [0.3, 0.4) is 0 Å². The molecule has 0 radical (unpaired) electrons. The molecule has 0 atom stereocenters. The number of carbonyl (C=O) groups is 1. The summed E-state index contributed by atoms with van der Waals surface area (Å²) in [4.78, 5) is 30.1. The van der Waals surface area contributed by atoms with Gasteiger partial charge in [-0.2, -0.15) is 0 Å². The van der Waals surface area contributed by atoms with Crippen LogP contribution >= 0.6 is 11.3 Å². The standard InChI is InChI=1S/C24H22N2O3S/c1-15-5-9-17(10-6-15)19-14-30-23-21(19)24(29)26(13-3-4-20(27)28)22(25-23)18-11-7-16(2)8-12-18/h5-12,14H,3-4,13H2,1-2H3,(H,27,28). The van der Waals surface area contributed by atoms with Crippen molar-refractivity contribution in [1.82, 2.24) is 9.55 Å². The van der Waals surface area contributed by atoms with Gasteiger partial charge in [-0.1, -0.05) is 59.7 Å². The molecule has 0 saturated heterocycles. The summed E-state index contributed by atoms with van der Waals surface area (Å²) in [6, 6.07) is 15.9. The summed E-state index contributed by atoms with van der Waals surface area (Å²) < 4.78 is 1.63. The number of hydrogen-bond donors (Lipinski definition) is 1. The molecule has 0 spiro atoms. The third-order valence-corrected chi connectivity index (χ3v) is 6.01. The molecule has 1 N–H and O–H groups in total. The van der Waals surface area contributed by atoms with Crippen molar-refractivity contribution in [2.24, 2.45) is 0 Å². The maximum Gasteiger partial charge on any atom is 0.303 e. The number of aromatic nitrogens is 2. The zero-order valence-electron chi connectivity index (χ0n) is 16.9. The molecular formula is C24H22N2O3S. The molecule has 2 aromatic heterocycles. The molecule has 0 bridgehead atoms. The third-order valence-electron chi connectivity index (χ3n) is 5.14. The van der Waals surface area contributed by atoms with E-state index in [9.17, 15) is 9.59 Å². The van der Waals surface area contributed by atoms with Crippen LogP contribution in [0, 0.1) is 13.8 Å². The fourth-order valence-corrected chi connectivity index (χ4v) is 4.43. The second kappa shape index (κ2) is 8.24. The van der Waals surface area contributed by atoms with Crippen LogP contribution in [0.5, 0.6) is 0 Å². The number of rotatable bonds is 6. The summed E-state index contributed by atoms with van der Waals surface area (Å²) in [6.45, 7) is 4.34. The van der Waals surface area contributed by atoms with Gasteiger partial charge in [0, 0.05) is 29.5 Å². The Morgan fingerprint density at radius 2 is 1.60 bits per heavy atom. The smallest absolute Gasteiger partial charge is 0.303 e. The second-order valence-corrected chi connectivity index (χ2v) is 8.31. The number of aliphatic carboxylic acids is 1. The fraction of sp³-hybridized carbons (Fsp3) is 0.208. The molecule has 152 valence electrons. The van der Waals surface area contributed by atoms with E-state index in [0.717, 1.165) is 27.8 Å². The molecule has 0 fully saturated rings. The van der Waals surface area contributed by atoms with Crippen molar-refractivity contribution in [3.8, 4) is 22.5 Å². The first kappa shape index (κ1) is 20.0. The topological polar surface area (TPSA) is 72.2 Å². The van der Waals surface area contributed by atoms with Gasteiger partial charge in [-0.15, -0.1) is 11.3 Å². The number of hydrogen-bond acceptors (Lipinski definition) is 4. The lowest BCUT2D eigenvalue weighted by molar-refractivity contribution is -0.137.